The molecular formula is C21H39N5O4. The lowest BCUT2D eigenvalue weighted by Gasteiger charge is -2.37. The lowest BCUT2D eigenvalue weighted by molar-refractivity contribution is -0.142. The molecule has 0 bridgehead atoms. The van der Waals surface area contributed by atoms with E-state index in [4.69, 9.17) is 9.47 Å². The normalized spacial score (nSPS) is 21.4. The van der Waals surface area contributed by atoms with Crippen molar-refractivity contribution in [3.63, 3.8) is 0 Å². The molecule has 2 unspecified atom stereocenters. The Kier molecular flexibility index (Phi) is 9.20. The average molecular weight is 426 g/mol. The van der Waals surface area contributed by atoms with Crippen molar-refractivity contribution in [2.24, 2.45) is 4.99 Å². The van der Waals surface area contributed by atoms with Crippen molar-refractivity contribution in [3.05, 3.63) is 0 Å². The van der Waals surface area contributed by atoms with Gasteiger partial charge in [0.15, 0.2) is 5.96 Å². The summed E-state index contributed by atoms with van der Waals surface area (Å²) in [4.78, 5) is 33.1. The maximum absolute atomic E-state index is 12.5. The molecule has 2 amide bonds. The van der Waals surface area contributed by atoms with E-state index in [1.54, 1.807) is 7.05 Å². The van der Waals surface area contributed by atoms with Gasteiger partial charge in [-0.1, -0.05) is 13.3 Å². The first-order valence-electron chi connectivity index (χ1n) is 11.1. The molecule has 30 heavy (non-hydrogen) atoms. The number of nitrogens with zero attached hydrogens (tertiary/aromatic N) is 3. The maximum Gasteiger partial charge on any atom is 0.407 e. The number of carbonyl (C=O) groups excluding carboxylic acids is 2. The second kappa shape index (κ2) is 11.4. The fourth-order valence-corrected chi connectivity index (χ4v) is 3.71. The van der Waals surface area contributed by atoms with Gasteiger partial charge in [0.25, 0.3) is 5.91 Å². The Balaban J connectivity index is 1.81. The van der Waals surface area contributed by atoms with Gasteiger partial charge in [0.1, 0.15) is 11.7 Å². The summed E-state index contributed by atoms with van der Waals surface area (Å²) < 4.78 is 10.9. The molecular weight excluding hydrogens is 386 g/mol. The van der Waals surface area contributed by atoms with Gasteiger partial charge in [-0.25, -0.2) is 4.79 Å². The Morgan fingerprint density at radius 1 is 1.20 bits per heavy atom. The molecule has 9 heteroatoms. The van der Waals surface area contributed by atoms with Gasteiger partial charge in [0.05, 0.1) is 0 Å². The summed E-state index contributed by atoms with van der Waals surface area (Å²) in [6, 6.07) is -0.0519. The van der Waals surface area contributed by atoms with Crippen LogP contribution in [0.25, 0.3) is 0 Å². The number of rotatable bonds is 6. The lowest BCUT2D eigenvalue weighted by Crippen LogP contribution is -2.56. The zero-order valence-corrected chi connectivity index (χ0v) is 19.2. The quantitative estimate of drug-likeness (QED) is 0.496. The maximum atomic E-state index is 12.5. The van der Waals surface area contributed by atoms with Crippen LogP contribution in [0.2, 0.25) is 0 Å². The molecule has 0 spiro atoms. The molecule has 0 aliphatic carbocycles. The first-order valence-corrected chi connectivity index (χ1v) is 11.1. The van der Waals surface area contributed by atoms with E-state index in [0.29, 0.717) is 26.2 Å². The average Bonchev–Trinajstić information content (AvgIpc) is 3.21. The molecule has 0 saturated carbocycles. The second-order valence-corrected chi connectivity index (χ2v) is 8.87. The van der Waals surface area contributed by atoms with Crippen LogP contribution in [0.3, 0.4) is 0 Å². The van der Waals surface area contributed by atoms with Crippen LogP contribution in [-0.2, 0) is 14.3 Å². The van der Waals surface area contributed by atoms with Crippen molar-refractivity contribution < 1.29 is 19.1 Å². The third-order valence-corrected chi connectivity index (χ3v) is 5.17. The van der Waals surface area contributed by atoms with Crippen molar-refractivity contribution in [1.82, 2.24) is 20.4 Å². The summed E-state index contributed by atoms with van der Waals surface area (Å²) >= 11 is 0. The first kappa shape index (κ1) is 24.2. The van der Waals surface area contributed by atoms with Crippen LogP contribution in [0.4, 0.5) is 4.79 Å². The van der Waals surface area contributed by atoms with Crippen molar-refractivity contribution >= 4 is 18.0 Å². The van der Waals surface area contributed by atoms with Crippen LogP contribution in [0.15, 0.2) is 4.99 Å². The Labute approximate surface area is 180 Å². The fraction of sp³-hybridized carbons (Fsp3) is 0.857. The molecule has 2 atom stereocenters. The molecule has 0 aromatic heterocycles. The number of guanidine groups is 1. The molecule has 172 valence electrons. The second-order valence-electron chi connectivity index (χ2n) is 8.87. The van der Waals surface area contributed by atoms with Gasteiger partial charge in [0.2, 0.25) is 0 Å². The topological polar surface area (TPSA) is 95.5 Å². The molecule has 9 nitrogen and oxygen atoms in total. The van der Waals surface area contributed by atoms with Crippen LogP contribution < -0.4 is 10.6 Å². The zero-order chi connectivity index (χ0) is 22.1. The summed E-state index contributed by atoms with van der Waals surface area (Å²) in [5.74, 6) is 0.894. The van der Waals surface area contributed by atoms with Gasteiger partial charge in [-0.3, -0.25) is 9.79 Å². The van der Waals surface area contributed by atoms with Gasteiger partial charge in [-0.2, -0.15) is 0 Å². The van der Waals surface area contributed by atoms with Gasteiger partial charge < -0.3 is 29.9 Å². The van der Waals surface area contributed by atoms with Gasteiger partial charge in [0, 0.05) is 52.4 Å². The number of nitrogens with one attached hydrogen (secondary N) is 2. The molecule has 2 fully saturated rings. The number of hydrogen-bond donors (Lipinski definition) is 2. The van der Waals surface area contributed by atoms with Gasteiger partial charge in [-0.15, -0.1) is 0 Å². The van der Waals surface area contributed by atoms with Crippen LogP contribution in [0, 0.1) is 0 Å². The van der Waals surface area contributed by atoms with Crippen LogP contribution >= 0.6 is 0 Å². The number of piperazine rings is 1. The summed E-state index contributed by atoms with van der Waals surface area (Å²) in [7, 11) is 1.75. The van der Waals surface area contributed by atoms with E-state index in [1.807, 2.05) is 25.7 Å². The number of hydrogen-bond acceptors (Lipinski definition) is 5. The van der Waals surface area contributed by atoms with E-state index >= 15 is 0 Å². The zero-order valence-electron chi connectivity index (χ0n) is 19.2. The van der Waals surface area contributed by atoms with E-state index in [9.17, 15) is 9.59 Å². The van der Waals surface area contributed by atoms with Crippen molar-refractivity contribution in [1.29, 1.82) is 0 Å². The van der Waals surface area contributed by atoms with E-state index in [0.717, 1.165) is 44.7 Å². The predicted octanol–water partition coefficient (Wildman–Crippen LogP) is 1.58. The molecule has 0 aromatic rings. The van der Waals surface area contributed by atoms with Crippen LogP contribution in [0.1, 0.15) is 53.4 Å². The first-order chi connectivity index (χ1) is 14.2. The number of alkyl carbamates (subject to hydrolysis) is 1. The Morgan fingerprint density at radius 2 is 1.87 bits per heavy atom. The SMILES string of the molecule is CCCC(CNC(=NC)N1CCN(C(=O)C2CCCO2)CC1)NC(=O)OC(C)(C)C. The summed E-state index contributed by atoms with van der Waals surface area (Å²) in [5, 5.41) is 6.32. The lowest BCUT2D eigenvalue weighted by atomic mass is 10.1. The van der Waals surface area contributed by atoms with Crippen molar-refractivity contribution in [2.45, 2.75) is 71.1 Å². The smallest absolute Gasteiger partial charge is 0.407 e. The third kappa shape index (κ3) is 7.66. The monoisotopic (exact) mass is 425 g/mol. The number of amides is 2. The Bertz CT molecular complexity index is 591. The minimum atomic E-state index is -0.523. The fourth-order valence-electron chi connectivity index (χ4n) is 3.71. The van der Waals surface area contributed by atoms with Crippen LogP contribution in [0.5, 0.6) is 0 Å². The van der Waals surface area contributed by atoms with Gasteiger partial charge in [-0.05, 0) is 40.0 Å². The Hall–Kier alpha value is -2.03. The molecule has 2 heterocycles. The molecule has 2 aliphatic rings. The molecule has 2 rings (SSSR count). The standard InChI is InChI=1S/C21H39N5O4/c1-6-8-16(24-20(28)30-21(2,3)4)15-23-19(22-5)26-12-10-25(11-13-26)18(27)17-9-7-14-29-17/h16-17H,6-15H2,1-5H3,(H,22,23)(H,24,28). The minimum Gasteiger partial charge on any atom is -0.444 e. The van der Waals surface area contributed by atoms with E-state index in [-0.39, 0.29) is 18.1 Å². The predicted molar refractivity (Wildman–Crippen MR) is 117 cm³/mol. The number of ether oxygens (including phenoxy) is 2. The highest BCUT2D eigenvalue weighted by molar-refractivity contribution is 5.83. The summed E-state index contributed by atoms with van der Waals surface area (Å²) in [6.45, 7) is 11.6. The van der Waals surface area contributed by atoms with Crippen molar-refractivity contribution in [2.75, 3.05) is 46.4 Å². The van der Waals surface area contributed by atoms with Crippen molar-refractivity contribution in [3.8, 4) is 0 Å². The van der Waals surface area contributed by atoms with E-state index < -0.39 is 11.7 Å². The van der Waals surface area contributed by atoms with Crippen LogP contribution in [-0.4, -0.2) is 91.9 Å². The molecule has 0 aromatic carbocycles. The highest BCUT2D eigenvalue weighted by atomic mass is 16.6. The number of aliphatic imine (C=N–C) groups is 1. The largest absolute Gasteiger partial charge is 0.444 e. The summed E-state index contributed by atoms with van der Waals surface area (Å²) in [6.07, 6.45) is 2.91. The highest BCUT2D eigenvalue weighted by Gasteiger charge is 2.31. The number of carbonyl (C=O) groups is 2. The van der Waals surface area contributed by atoms with Gasteiger partial charge >= 0.3 is 6.09 Å². The third-order valence-electron chi connectivity index (χ3n) is 5.17. The summed E-state index contributed by atoms with van der Waals surface area (Å²) in [5.41, 5.74) is -0.523. The molecule has 0 radical (unpaired) electrons. The minimum absolute atomic E-state index is 0.0519. The van der Waals surface area contributed by atoms with E-state index in [2.05, 4.69) is 27.4 Å². The molecule has 2 aliphatic heterocycles. The Morgan fingerprint density at radius 3 is 2.40 bits per heavy atom. The molecule has 2 N–H and O–H groups in total. The highest BCUT2D eigenvalue weighted by Crippen LogP contribution is 2.16. The van der Waals surface area contributed by atoms with E-state index in [1.165, 1.54) is 0 Å². The molecule has 2 saturated heterocycles.